The highest BCUT2D eigenvalue weighted by atomic mass is 32.1. The van der Waals surface area contributed by atoms with E-state index < -0.39 is 0 Å². The maximum absolute atomic E-state index is 2.57. The van der Waals surface area contributed by atoms with Crippen LogP contribution in [0.3, 0.4) is 0 Å². The Morgan fingerprint density at radius 1 is 0.324 bits per heavy atom. The number of aromatic nitrogens is 1. The molecular weight excluding hydrogens is 839 g/mol. The first-order valence-corrected chi connectivity index (χ1v) is 24.8. The minimum absolute atomic E-state index is 0.0244. The molecule has 0 bridgehead atoms. The molecule has 2 aromatic heterocycles. The molecule has 0 aliphatic rings. The van der Waals surface area contributed by atoms with Gasteiger partial charge in [-0.1, -0.05) is 205 Å². The Bertz CT molecular complexity index is 4020. The molecule has 0 aliphatic carbocycles. The Morgan fingerprint density at radius 3 is 1.28 bits per heavy atom. The number of hydrogen-bond donors (Lipinski definition) is 0. The highest BCUT2D eigenvalue weighted by Gasteiger charge is 2.25. The van der Waals surface area contributed by atoms with Gasteiger partial charge in [-0.3, -0.25) is 0 Å². The molecular formula is C66H51NS. The number of thiophene rings is 1. The van der Waals surface area contributed by atoms with Crippen molar-refractivity contribution in [1.29, 1.82) is 0 Å². The number of hydrogen-bond acceptors (Lipinski definition) is 1. The maximum atomic E-state index is 2.57. The van der Waals surface area contributed by atoms with Crippen LogP contribution in [0.15, 0.2) is 200 Å². The van der Waals surface area contributed by atoms with Gasteiger partial charge in [0.1, 0.15) is 0 Å². The van der Waals surface area contributed by atoms with Gasteiger partial charge in [-0.05, 0) is 124 Å². The van der Waals surface area contributed by atoms with Crippen molar-refractivity contribution in [3.05, 3.63) is 211 Å². The van der Waals surface area contributed by atoms with E-state index in [0.717, 1.165) is 0 Å². The van der Waals surface area contributed by atoms with E-state index in [0.29, 0.717) is 0 Å². The quantitative estimate of drug-likeness (QED) is 0.155. The number of rotatable bonds is 4. The van der Waals surface area contributed by atoms with Gasteiger partial charge >= 0.3 is 0 Å². The van der Waals surface area contributed by atoms with E-state index >= 15 is 0 Å². The third-order valence-corrected chi connectivity index (χ3v) is 15.8. The molecule has 0 atom stereocenters. The van der Waals surface area contributed by atoms with E-state index in [1.165, 1.54) is 135 Å². The van der Waals surface area contributed by atoms with Crippen molar-refractivity contribution in [2.75, 3.05) is 0 Å². The molecule has 326 valence electrons. The number of nitrogens with zero attached hydrogens (tertiary/aromatic N) is 1. The Hall–Kier alpha value is -7.52. The van der Waals surface area contributed by atoms with Crippen LogP contribution in [0.5, 0.6) is 0 Å². The fraction of sp³-hybridized carbons (Fsp3) is 0.121. The van der Waals surface area contributed by atoms with Crippen molar-refractivity contribution >= 4 is 96.4 Å². The van der Waals surface area contributed by atoms with Crippen LogP contribution in [-0.2, 0) is 10.8 Å². The molecule has 0 radical (unpaired) electrons. The minimum Gasteiger partial charge on any atom is -0.308 e. The van der Waals surface area contributed by atoms with Crippen molar-refractivity contribution in [1.82, 2.24) is 4.57 Å². The SMILES string of the molecule is CC(C)(C)c1ccc2c(c1)c1cc(C(C)(C)C)ccc1n2-c1c2ccccc2c(-c2cccc3sc4cc(-c5c6ccccc6c(-c6ccccc6)c6ccccc56)ccc4c23)c2ccccc12. The maximum Gasteiger partial charge on any atom is 0.0619 e. The molecule has 0 aliphatic heterocycles. The molecule has 0 unspecified atom stereocenters. The molecule has 1 nitrogen and oxygen atoms in total. The van der Waals surface area contributed by atoms with E-state index in [-0.39, 0.29) is 10.8 Å². The lowest BCUT2D eigenvalue weighted by atomic mass is 9.85. The zero-order valence-corrected chi connectivity index (χ0v) is 40.2. The molecule has 0 spiro atoms. The molecule has 13 aromatic rings. The smallest absolute Gasteiger partial charge is 0.0619 e. The third-order valence-electron chi connectivity index (χ3n) is 14.7. The van der Waals surface area contributed by atoms with E-state index in [1.807, 2.05) is 11.3 Å². The topological polar surface area (TPSA) is 4.93 Å². The first kappa shape index (κ1) is 40.7. The summed E-state index contributed by atoms with van der Waals surface area (Å²) >= 11 is 1.91. The average molecular weight is 890 g/mol. The largest absolute Gasteiger partial charge is 0.308 e. The molecule has 0 amide bonds. The molecule has 2 heterocycles. The van der Waals surface area contributed by atoms with Gasteiger partial charge in [-0.15, -0.1) is 11.3 Å². The summed E-state index contributed by atoms with van der Waals surface area (Å²) in [6, 6.07) is 75.6. The minimum atomic E-state index is 0.0244. The van der Waals surface area contributed by atoms with Crippen LogP contribution in [0, 0.1) is 0 Å². The zero-order chi connectivity index (χ0) is 46.1. The summed E-state index contributed by atoms with van der Waals surface area (Å²) in [6.07, 6.45) is 0. The van der Waals surface area contributed by atoms with Gasteiger partial charge in [0.2, 0.25) is 0 Å². The van der Waals surface area contributed by atoms with Gasteiger partial charge in [0, 0.05) is 41.7 Å². The highest BCUT2D eigenvalue weighted by molar-refractivity contribution is 7.26. The average Bonchev–Trinajstić information content (AvgIpc) is 3.89. The van der Waals surface area contributed by atoms with Crippen molar-refractivity contribution < 1.29 is 0 Å². The lowest BCUT2D eigenvalue weighted by molar-refractivity contribution is 0.590. The Balaban J connectivity index is 1.06. The summed E-state index contributed by atoms with van der Waals surface area (Å²) in [5.41, 5.74) is 14.1. The molecule has 2 heteroatoms. The second-order valence-electron chi connectivity index (χ2n) is 20.8. The Kier molecular flexibility index (Phi) is 8.98. The summed E-state index contributed by atoms with van der Waals surface area (Å²) in [4.78, 5) is 0. The van der Waals surface area contributed by atoms with Crippen LogP contribution >= 0.6 is 11.3 Å². The molecule has 13 rings (SSSR count). The van der Waals surface area contributed by atoms with Crippen LogP contribution in [0.1, 0.15) is 52.7 Å². The predicted molar refractivity (Wildman–Crippen MR) is 297 cm³/mol. The van der Waals surface area contributed by atoms with E-state index in [4.69, 9.17) is 0 Å². The highest BCUT2D eigenvalue weighted by Crippen LogP contribution is 2.50. The summed E-state index contributed by atoms with van der Waals surface area (Å²) in [5, 5.41) is 15.3. The third kappa shape index (κ3) is 6.13. The van der Waals surface area contributed by atoms with Crippen molar-refractivity contribution in [3.63, 3.8) is 0 Å². The summed E-state index contributed by atoms with van der Waals surface area (Å²) in [5.74, 6) is 0. The monoisotopic (exact) mass is 889 g/mol. The summed E-state index contributed by atoms with van der Waals surface area (Å²) in [7, 11) is 0. The van der Waals surface area contributed by atoms with Crippen molar-refractivity contribution in [2.24, 2.45) is 0 Å². The van der Waals surface area contributed by atoms with Crippen LogP contribution in [-0.4, -0.2) is 4.57 Å². The van der Waals surface area contributed by atoms with Gasteiger partial charge < -0.3 is 4.57 Å². The van der Waals surface area contributed by atoms with Crippen LogP contribution in [0.25, 0.3) is 124 Å². The first-order valence-electron chi connectivity index (χ1n) is 24.0. The van der Waals surface area contributed by atoms with E-state index in [2.05, 4.69) is 246 Å². The Labute approximate surface area is 401 Å². The van der Waals surface area contributed by atoms with Crippen molar-refractivity contribution in [2.45, 2.75) is 52.4 Å². The van der Waals surface area contributed by atoms with Gasteiger partial charge in [-0.2, -0.15) is 0 Å². The molecule has 68 heavy (non-hydrogen) atoms. The van der Waals surface area contributed by atoms with E-state index in [9.17, 15) is 0 Å². The second kappa shape index (κ2) is 15.0. The van der Waals surface area contributed by atoms with E-state index in [1.54, 1.807) is 0 Å². The lowest BCUT2D eigenvalue weighted by Gasteiger charge is -2.21. The molecule has 0 saturated heterocycles. The van der Waals surface area contributed by atoms with Crippen LogP contribution in [0.2, 0.25) is 0 Å². The molecule has 0 N–H and O–H groups in total. The number of benzene rings is 11. The van der Waals surface area contributed by atoms with Crippen LogP contribution < -0.4 is 0 Å². The zero-order valence-electron chi connectivity index (χ0n) is 39.4. The van der Waals surface area contributed by atoms with Crippen molar-refractivity contribution in [3.8, 4) is 39.1 Å². The first-order chi connectivity index (χ1) is 33.0. The fourth-order valence-corrected chi connectivity index (χ4v) is 12.6. The van der Waals surface area contributed by atoms with Gasteiger partial charge in [0.05, 0.1) is 16.7 Å². The summed E-state index contributed by atoms with van der Waals surface area (Å²) < 4.78 is 5.16. The molecule has 0 fully saturated rings. The normalized spacial score (nSPS) is 12.6. The predicted octanol–water partition coefficient (Wildman–Crippen LogP) is 19.4. The number of fused-ring (bicyclic) bond motifs is 10. The van der Waals surface area contributed by atoms with Gasteiger partial charge in [-0.25, -0.2) is 0 Å². The molecule has 0 saturated carbocycles. The van der Waals surface area contributed by atoms with Gasteiger partial charge in [0.15, 0.2) is 0 Å². The Morgan fingerprint density at radius 2 is 0.779 bits per heavy atom. The standard InChI is InChI=1S/C66H51NS/c1-65(2,3)42-32-35-56-54(38-42)55-39-43(66(4,5)6)33-36-57(55)67(56)64-50-27-16-14-25-48(50)62(49-26-15-17-28-51(49)64)53-29-18-30-58-63(53)52-34-31-41(37-59(52)68-58)61-46-23-12-10-21-44(46)60(40-19-8-7-9-20-40)45-22-11-13-24-47(45)61/h7-39H,1-6H3. The lowest BCUT2D eigenvalue weighted by Crippen LogP contribution is -2.10. The fourth-order valence-electron chi connectivity index (χ4n) is 11.4. The summed E-state index contributed by atoms with van der Waals surface area (Å²) in [6.45, 7) is 13.9. The van der Waals surface area contributed by atoms with Crippen LogP contribution in [0.4, 0.5) is 0 Å². The van der Waals surface area contributed by atoms with Gasteiger partial charge in [0.25, 0.3) is 0 Å². The molecule has 11 aromatic carbocycles. The second-order valence-corrected chi connectivity index (χ2v) is 21.9.